The fraction of sp³-hybridized carbons (Fsp3) is 0.310. The molecule has 3 aromatic carbocycles. The zero-order valence-corrected chi connectivity index (χ0v) is 33.4. The maximum Gasteiger partial charge on any atom is 0.326 e. The van der Waals surface area contributed by atoms with E-state index in [1.54, 1.807) is 30.5 Å². The molecule has 3 aromatic heterocycles. The van der Waals surface area contributed by atoms with Gasteiger partial charge in [-0.2, -0.15) is 4.98 Å². The minimum absolute atomic E-state index is 0.0697. The summed E-state index contributed by atoms with van der Waals surface area (Å²) in [6, 6.07) is 18.2. The lowest BCUT2D eigenvalue weighted by Crippen LogP contribution is -2.45. The highest BCUT2D eigenvalue weighted by atomic mass is 35.5. The quantitative estimate of drug-likeness (QED) is 0.0996. The van der Waals surface area contributed by atoms with Crippen LogP contribution >= 0.6 is 22.9 Å². The van der Waals surface area contributed by atoms with E-state index in [1.165, 1.54) is 29.8 Å². The Labute approximate surface area is 339 Å². The zero-order valence-electron chi connectivity index (χ0n) is 31.9. The van der Waals surface area contributed by atoms with Crippen molar-refractivity contribution < 1.29 is 28.5 Å². The van der Waals surface area contributed by atoms with Crippen LogP contribution in [-0.4, -0.2) is 99.8 Å². The lowest BCUT2D eigenvalue weighted by molar-refractivity contribution is -0.137. The van der Waals surface area contributed by atoms with Crippen LogP contribution in [0.4, 0.5) is 10.2 Å². The number of carboxylic acid groups (broad SMARTS) is 1. The molecule has 0 saturated carbocycles. The maximum atomic E-state index is 14.2. The summed E-state index contributed by atoms with van der Waals surface area (Å²) >= 11 is 8.45. The third kappa shape index (κ3) is 9.42. The highest BCUT2D eigenvalue weighted by Gasteiger charge is 2.27. The van der Waals surface area contributed by atoms with Crippen molar-refractivity contribution in [2.45, 2.75) is 32.9 Å². The average Bonchev–Trinajstić information content (AvgIpc) is 3.60. The number of aromatic nitrogens is 4. The number of nitrogens with one attached hydrogen (secondary N) is 1. The third-order valence-corrected chi connectivity index (χ3v) is 11.4. The van der Waals surface area contributed by atoms with Crippen molar-refractivity contribution >= 4 is 44.9 Å². The molecular formula is C42H43ClFN7O5S. The molecule has 296 valence electrons. The predicted octanol–water partition coefficient (Wildman–Crippen LogP) is 7.63. The second-order valence-electron chi connectivity index (χ2n) is 13.7. The van der Waals surface area contributed by atoms with Gasteiger partial charge in [0.05, 0.1) is 22.7 Å². The number of fused-ring (bicyclic) bond motifs is 1. The summed E-state index contributed by atoms with van der Waals surface area (Å²) in [6.45, 7) is 9.66. The van der Waals surface area contributed by atoms with Crippen LogP contribution in [0.25, 0.3) is 31.8 Å². The SMILES string of the molecule is CCOc1nccc(COc2ccccc2CC(Nc2ncnc3sc(-c4ccc(F)cc4)c(-c4ccc(OCCN5CCN(C)CC5)c(Cl)c4C)c23)C(=O)O)n1. The molecule has 57 heavy (non-hydrogen) atoms. The Morgan fingerprint density at radius 1 is 0.982 bits per heavy atom. The number of piperazine rings is 1. The van der Waals surface area contributed by atoms with E-state index in [4.69, 9.17) is 25.8 Å². The molecule has 0 amide bonds. The lowest BCUT2D eigenvalue weighted by atomic mass is 9.95. The molecule has 2 N–H and O–H groups in total. The molecule has 1 aliphatic rings. The fourth-order valence-electron chi connectivity index (χ4n) is 6.71. The zero-order chi connectivity index (χ0) is 39.9. The van der Waals surface area contributed by atoms with Gasteiger partial charge in [0.25, 0.3) is 0 Å². The van der Waals surface area contributed by atoms with E-state index in [-0.39, 0.29) is 24.9 Å². The van der Waals surface area contributed by atoms with Gasteiger partial charge in [0, 0.05) is 55.8 Å². The smallest absolute Gasteiger partial charge is 0.326 e. The number of benzene rings is 3. The lowest BCUT2D eigenvalue weighted by Gasteiger charge is -2.32. The summed E-state index contributed by atoms with van der Waals surface area (Å²) in [4.78, 5) is 36.8. The summed E-state index contributed by atoms with van der Waals surface area (Å²) in [5.74, 6) is -0.0205. The van der Waals surface area contributed by atoms with Gasteiger partial charge in [0.15, 0.2) is 0 Å². The number of hydrogen-bond acceptors (Lipinski definition) is 12. The molecule has 15 heteroatoms. The topological polar surface area (TPSA) is 135 Å². The number of hydrogen-bond donors (Lipinski definition) is 2. The van der Waals surface area contributed by atoms with E-state index >= 15 is 0 Å². The molecule has 1 atom stereocenters. The first-order chi connectivity index (χ1) is 27.7. The fourth-order valence-corrected chi connectivity index (χ4v) is 8.09. The van der Waals surface area contributed by atoms with Gasteiger partial charge in [-0.1, -0.05) is 48.0 Å². The number of carbonyl (C=O) groups is 1. The van der Waals surface area contributed by atoms with Crippen molar-refractivity contribution in [3.8, 4) is 39.1 Å². The van der Waals surface area contributed by atoms with Gasteiger partial charge in [0.2, 0.25) is 0 Å². The van der Waals surface area contributed by atoms with Crippen LogP contribution in [0.3, 0.4) is 0 Å². The van der Waals surface area contributed by atoms with Crippen LogP contribution in [0.5, 0.6) is 17.5 Å². The molecule has 0 aliphatic carbocycles. The van der Waals surface area contributed by atoms with E-state index in [2.05, 4.69) is 42.1 Å². The molecule has 7 rings (SSSR count). The van der Waals surface area contributed by atoms with Gasteiger partial charge >= 0.3 is 12.0 Å². The Morgan fingerprint density at radius 3 is 2.54 bits per heavy atom. The molecule has 6 aromatic rings. The van der Waals surface area contributed by atoms with Gasteiger partial charge < -0.3 is 29.5 Å². The standard InChI is InChI=1S/C42H43ClFN7O5S/c1-4-54-42-45-16-15-30(48-42)24-56-33-8-6-5-7-28(33)23-32(41(52)53)49-39-36-35(38(57-40(36)47-25-46-39)27-9-11-29(44)12-10-27)31-13-14-34(37(43)26(31)2)55-22-21-51-19-17-50(3)18-20-51/h5-16,25,32H,4,17-24H2,1-3H3,(H,52,53)(H,46,47,49). The Kier molecular flexibility index (Phi) is 12.7. The van der Waals surface area contributed by atoms with Crippen LogP contribution in [0.15, 0.2) is 79.3 Å². The van der Waals surface area contributed by atoms with Gasteiger partial charge in [0.1, 0.15) is 53.5 Å². The number of aliphatic carboxylic acids is 1. The van der Waals surface area contributed by atoms with Gasteiger partial charge in [-0.25, -0.2) is 24.1 Å². The molecule has 4 heterocycles. The van der Waals surface area contributed by atoms with Crippen LogP contribution in [-0.2, 0) is 17.8 Å². The second-order valence-corrected chi connectivity index (χ2v) is 15.0. The molecule has 0 radical (unpaired) electrons. The number of ether oxygens (including phenoxy) is 3. The highest BCUT2D eigenvalue weighted by molar-refractivity contribution is 7.22. The largest absolute Gasteiger partial charge is 0.491 e. The second kappa shape index (κ2) is 18.2. The van der Waals surface area contributed by atoms with Crippen LogP contribution in [0.2, 0.25) is 5.02 Å². The Balaban J connectivity index is 1.20. The number of nitrogens with zero attached hydrogens (tertiary/aromatic N) is 6. The number of anilines is 1. The van der Waals surface area contributed by atoms with Crippen molar-refractivity contribution in [1.29, 1.82) is 0 Å². The Bertz CT molecular complexity index is 2340. The normalized spacial score (nSPS) is 14.1. The van der Waals surface area contributed by atoms with E-state index in [9.17, 15) is 14.3 Å². The summed E-state index contributed by atoms with van der Waals surface area (Å²) in [5.41, 5.74) is 4.35. The Hall–Kier alpha value is -5.41. The van der Waals surface area contributed by atoms with Gasteiger partial charge in [-0.3, -0.25) is 4.90 Å². The molecule has 1 unspecified atom stereocenters. The molecule has 1 fully saturated rings. The molecule has 1 saturated heterocycles. The number of likely N-dealkylation sites (N-methyl/N-ethyl adjacent to an activating group) is 1. The number of carboxylic acids is 1. The number of halogens is 2. The minimum atomic E-state index is -1.11. The van der Waals surface area contributed by atoms with Crippen molar-refractivity contribution in [3.63, 3.8) is 0 Å². The van der Waals surface area contributed by atoms with E-state index in [1.807, 2.05) is 44.2 Å². The van der Waals surface area contributed by atoms with Crippen molar-refractivity contribution in [1.82, 2.24) is 29.7 Å². The minimum Gasteiger partial charge on any atom is -0.491 e. The summed E-state index contributed by atoms with van der Waals surface area (Å²) in [7, 11) is 2.13. The maximum absolute atomic E-state index is 14.2. The van der Waals surface area contributed by atoms with Crippen LogP contribution in [0, 0.1) is 12.7 Å². The van der Waals surface area contributed by atoms with E-state index in [0.717, 1.165) is 59.9 Å². The summed E-state index contributed by atoms with van der Waals surface area (Å²) in [6.07, 6.45) is 3.08. The summed E-state index contributed by atoms with van der Waals surface area (Å²) in [5, 5.41) is 14.9. The predicted molar refractivity (Wildman–Crippen MR) is 220 cm³/mol. The number of rotatable bonds is 16. The molecule has 0 spiro atoms. The van der Waals surface area contributed by atoms with Gasteiger partial charge in [-0.05, 0) is 73.5 Å². The monoisotopic (exact) mass is 811 g/mol. The highest BCUT2D eigenvalue weighted by Crippen LogP contribution is 2.49. The van der Waals surface area contributed by atoms with E-state index in [0.29, 0.717) is 57.0 Å². The molecule has 1 aliphatic heterocycles. The Morgan fingerprint density at radius 2 is 1.77 bits per heavy atom. The first-order valence-electron chi connectivity index (χ1n) is 18.7. The number of para-hydroxylation sites is 1. The third-order valence-electron chi connectivity index (χ3n) is 9.82. The first kappa shape index (κ1) is 39.8. The average molecular weight is 812 g/mol. The van der Waals surface area contributed by atoms with Crippen LogP contribution in [0.1, 0.15) is 23.7 Å². The summed E-state index contributed by atoms with van der Waals surface area (Å²) < 4.78 is 31.9. The van der Waals surface area contributed by atoms with E-state index < -0.39 is 12.0 Å². The van der Waals surface area contributed by atoms with Gasteiger partial charge in [-0.15, -0.1) is 11.3 Å². The molecular weight excluding hydrogens is 769 g/mol. The number of thiophene rings is 1. The van der Waals surface area contributed by atoms with Crippen molar-refractivity contribution in [2.24, 2.45) is 0 Å². The van der Waals surface area contributed by atoms with Crippen molar-refractivity contribution in [2.75, 3.05) is 58.3 Å². The van der Waals surface area contributed by atoms with Crippen molar-refractivity contribution in [3.05, 3.63) is 107 Å². The molecule has 0 bridgehead atoms. The van der Waals surface area contributed by atoms with Crippen LogP contribution < -0.4 is 19.5 Å². The first-order valence-corrected chi connectivity index (χ1v) is 19.9. The molecule has 12 nitrogen and oxygen atoms in total.